The number of rotatable bonds is 4. The zero-order valence-corrected chi connectivity index (χ0v) is 13.9. The molecule has 5 nitrogen and oxygen atoms in total. The van der Waals surface area contributed by atoms with Crippen molar-refractivity contribution in [3.8, 4) is 6.07 Å². The highest BCUT2D eigenvalue weighted by Gasteiger charge is 2.25. The lowest BCUT2D eigenvalue weighted by Gasteiger charge is -2.29. The Hall–Kier alpha value is -3.65. The quantitative estimate of drug-likeness (QED) is 0.798. The molecule has 1 aliphatic rings. The Balaban J connectivity index is 1.75. The Labute approximate surface area is 151 Å². The van der Waals surface area contributed by atoms with E-state index in [1.54, 1.807) is 60.7 Å². The molecular weight excluding hydrogens is 328 g/mol. The van der Waals surface area contributed by atoms with Crippen LogP contribution in [0.15, 0.2) is 84.6 Å². The van der Waals surface area contributed by atoms with Crippen molar-refractivity contribution in [2.45, 2.75) is 6.04 Å². The van der Waals surface area contributed by atoms with E-state index in [4.69, 9.17) is 10.00 Å². The van der Waals surface area contributed by atoms with E-state index >= 15 is 0 Å². The van der Waals surface area contributed by atoms with Crippen molar-refractivity contribution in [1.29, 1.82) is 5.26 Å². The van der Waals surface area contributed by atoms with Crippen molar-refractivity contribution in [3.63, 3.8) is 0 Å². The molecule has 1 heterocycles. The van der Waals surface area contributed by atoms with Gasteiger partial charge in [0.2, 0.25) is 0 Å². The van der Waals surface area contributed by atoms with Gasteiger partial charge in [-0.05, 0) is 30.3 Å². The third-order valence-corrected chi connectivity index (χ3v) is 3.91. The molecule has 0 radical (unpaired) electrons. The first-order valence-corrected chi connectivity index (χ1v) is 8.09. The monoisotopic (exact) mass is 344 g/mol. The molecule has 0 spiro atoms. The summed E-state index contributed by atoms with van der Waals surface area (Å²) in [4.78, 5) is 26.3. The number of nitriles is 1. The van der Waals surface area contributed by atoms with Crippen LogP contribution < -0.4 is 0 Å². The van der Waals surface area contributed by atoms with E-state index in [1.165, 1.54) is 11.1 Å². The van der Waals surface area contributed by atoms with Crippen LogP contribution in [0.2, 0.25) is 0 Å². The van der Waals surface area contributed by atoms with Crippen LogP contribution in [-0.2, 0) is 4.74 Å². The van der Waals surface area contributed by atoms with Crippen LogP contribution in [-0.4, -0.2) is 29.4 Å². The van der Waals surface area contributed by atoms with Gasteiger partial charge in [-0.25, -0.2) is 4.79 Å². The summed E-state index contributed by atoms with van der Waals surface area (Å²) < 4.78 is 5.36. The zero-order valence-electron chi connectivity index (χ0n) is 13.9. The maximum absolute atomic E-state index is 12.8. The molecule has 3 rings (SSSR count). The van der Waals surface area contributed by atoms with Gasteiger partial charge in [0.15, 0.2) is 0 Å². The third kappa shape index (κ3) is 3.87. The predicted molar refractivity (Wildman–Crippen MR) is 96.0 cm³/mol. The summed E-state index contributed by atoms with van der Waals surface area (Å²) in [5.41, 5.74) is 1.30. The maximum Gasteiger partial charge on any atom is 0.338 e. The molecule has 1 amide bonds. The van der Waals surface area contributed by atoms with Gasteiger partial charge in [-0.3, -0.25) is 4.79 Å². The second-order valence-electron chi connectivity index (χ2n) is 5.67. The molecule has 1 aliphatic heterocycles. The first-order valence-electron chi connectivity index (χ1n) is 8.09. The fourth-order valence-electron chi connectivity index (χ4n) is 2.56. The van der Waals surface area contributed by atoms with Gasteiger partial charge in [-0.2, -0.15) is 5.26 Å². The van der Waals surface area contributed by atoms with Gasteiger partial charge in [-0.1, -0.05) is 42.5 Å². The Morgan fingerprint density at radius 2 is 1.62 bits per heavy atom. The minimum atomic E-state index is -0.479. The molecule has 2 aromatic carbocycles. The smallest absolute Gasteiger partial charge is 0.338 e. The number of esters is 1. The lowest BCUT2D eigenvalue weighted by molar-refractivity contribution is 0.0410. The van der Waals surface area contributed by atoms with Gasteiger partial charge in [0.05, 0.1) is 17.2 Å². The molecule has 1 atom stereocenters. The zero-order chi connectivity index (χ0) is 18.4. The number of carbonyl (C=O) groups excluding carboxylic acids is 2. The standard InChI is InChI=1S/C21H16N2O3/c22-13-16-11-12-19(15-26-21(25)18-9-5-2-6-10-18)23(14-16)20(24)17-7-3-1-4-8-17/h1-12,14,19H,15H2. The molecule has 0 aliphatic carbocycles. The van der Waals surface area contributed by atoms with E-state index in [-0.39, 0.29) is 12.5 Å². The van der Waals surface area contributed by atoms with Gasteiger partial charge in [-0.15, -0.1) is 0 Å². The fourth-order valence-corrected chi connectivity index (χ4v) is 2.56. The van der Waals surface area contributed by atoms with Gasteiger partial charge < -0.3 is 9.64 Å². The number of allylic oxidation sites excluding steroid dienone is 2. The predicted octanol–water partition coefficient (Wildman–Crippen LogP) is 3.33. The van der Waals surface area contributed by atoms with Crippen LogP contribution in [0.3, 0.4) is 0 Å². The molecule has 2 aromatic rings. The van der Waals surface area contributed by atoms with E-state index in [2.05, 4.69) is 0 Å². The molecule has 26 heavy (non-hydrogen) atoms. The van der Waals surface area contributed by atoms with E-state index < -0.39 is 12.0 Å². The summed E-state index contributed by atoms with van der Waals surface area (Å²) in [5.74, 6) is -0.718. The second kappa shape index (κ2) is 7.95. The SMILES string of the molecule is N#CC1=CN(C(=O)c2ccccc2)C(COC(=O)c2ccccc2)C=C1. The van der Waals surface area contributed by atoms with E-state index in [0.717, 1.165) is 0 Å². The van der Waals surface area contributed by atoms with Crippen LogP contribution in [0.1, 0.15) is 20.7 Å². The molecule has 0 N–H and O–H groups in total. The lowest BCUT2D eigenvalue weighted by Crippen LogP contribution is -2.40. The summed E-state index contributed by atoms with van der Waals surface area (Å²) in [5, 5.41) is 9.12. The van der Waals surface area contributed by atoms with Crippen LogP contribution >= 0.6 is 0 Å². The molecule has 1 unspecified atom stereocenters. The summed E-state index contributed by atoms with van der Waals surface area (Å²) >= 11 is 0. The molecule has 0 saturated carbocycles. The molecule has 5 heteroatoms. The van der Waals surface area contributed by atoms with E-state index in [0.29, 0.717) is 16.7 Å². The highest BCUT2D eigenvalue weighted by Crippen LogP contribution is 2.18. The van der Waals surface area contributed by atoms with Crippen LogP contribution in [0, 0.1) is 11.3 Å². The van der Waals surface area contributed by atoms with Gasteiger partial charge in [0.25, 0.3) is 5.91 Å². The normalized spacial score (nSPS) is 15.7. The first kappa shape index (κ1) is 17.2. The van der Waals surface area contributed by atoms with Crippen molar-refractivity contribution in [2.75, 3.05) is 6.61 Å². The molecule has 0 saturated heterocycles. The molecule has 0 fully saturated rings. The molecule has 0 bridgehead atoms. The van der Waals surface area contributed by atoms with Crippen molar-refractivity contribution in [2.24, 2.45) is 0 Å². The molecule has 128 valence electrons. The highest BCUT2D eigenvalue weighted by molar-refractivity contribution is 5.95. The average Bonchev–Trinajstić information content (AvgIpc) is 2.72. The Kier molecular flexibility index (Phi) is 5.25. The van der Waals surface area contributed by atoms with Crippen molar-refractivity contribution in [3.05, 3.63) is 95.7 Å². The minimum Gasteiger partial charge on any atom is -0.460 e. The number of hydrogen-bond donors (Lipinski definition) is 0. The van der Waals surface area contributed by atoms with Crippen LogP contribution in [0.5, 0.6) is 0 Å². The maximum atomic E-state index is 12.8. The largest absolute Gasteiger partial charge is 0.460 e. The third-order valence-electron chi connectivity index (χ3n) is 3.91. The first-order chi connectivity index (χ1) is 12.7. The highest BCUT2D eigenvalue weighted by atomic mass is 16.5. The van der Waals surface area contributed by atoms with Crippen molar-refractivity contribution < 1.29 is 14.3 Å². The topological polar surface area (TPSA) is 70.4 Å². The number of nitrogens with zero attached hydrogens (tertiary/aromatic N) is 2. The van der Waals surface area contributed by atoms with Gasteiger partial charge >= 0.3 is 5.97 Å². The average molecular weight is 344 g/mol. The molecule has 0 aromatic heterocycles. The Bertz CT molecular complexity index is 896. The van der Waals surface area contributed by atoms with Gasteiger partial charge in [0.1, 0.15) is 12.7 Å². The van der Waals surface area contributed by atoms with Crippen molar-refractivity contribution in [1.82, 2.24) is 4.90 Å². The number of amides is 1. The number of carbonyl (C=O) groups is 2. The number of hydrogen-bond acceptors (Lipinski definition) is 4. The fraction of sp³-hybridized carbons (Fsp3) is 0.0952. The number of benzene rings is 2. The second-order valence-corrected chi connectivity index (χ2v) is 5.67. The summed E-state index contributed by atoms with van der Waals surface area (Å²) in [6, 6.07) is 19.0. The lowest BCUT2D eigenvalue weighted by atomic mass is 10.1. The minimum absolute atomic E-state index is 0.00197. The Morgan fingerprint density at radius 1 is 1.00 bits per heavy atom. The van der Waals surface area contributed by atoms with E-state index in [1.807, 2.05) is 18.2 Å². The van der Waals surface area contributed by atoms with Crippen LogP contribution in [0.4, 0.5) is 0 Å². The van der Waals surface area contributed by atoms with E-state index in [9.17, 15) is 9.59 Å². The van der Waals surface area contributed by atoms with Crippen LogP contribution in [0.25, 0.3) is 0 Å². The van der Waals surface area contributed by atoms with Gasteiger partial charge in [0, 0.05) is 11.8 Å². The van der Waals surface area contributed by atoms with Crippen molar-refractivity contribution >= 4 is 11.9 Å². The summed E-state index contributed by atoms with van der Waals surface area (Å²) in [6.07, 6.45) is 4.80. The molecular formula is C21H16N2O3. The Morgan fingerprint density at radius 3 is 2.23 bits per heavy atom. The summed E-state index contributed by atoms with van der Waals surface area (Å²) in [6.45, 7) is -0.00197. The summed E-state index contributed by atoms with van der Waals surface area (Å²) in [7, 11) is 0. The number of ether oxygens (including phenoxy) is 1.